The summed E-state index contributed by atoms with van der Waals surface area (Å²) < 4.78 is 0. The molecule has 0 bridgehead atoms. The van der Waals surface area contributed by atoms with Crippen molar-refractivity contribution in [3.8, 4) is 0 Å². The summed E-state index contributed by atoms with van der Waals surface area (Å²) in [5.74, 6) is 0.0122. The largest absolute Gasteiger partial charge is 0.289 e. The van der Waals surface area contributed by atoms with E-state index in [0.717, 1.165) is 29.4 Å². The molecule has 2 heteroatoms. The van der Waals surface area contributed by atoms with Crippen molar-refractivity contribution >= 4 is 28.7 Å². The summed E-state index contributed by atoms with van der Waals surface area (Å²) in [4.78, 5) is 16.6. The summed E-state index contributed by atoms with van der Waals surface area (Å²) >= 11 is 0. The highest BCUT2D eigenvalue weighted by molar-refractivity contribution is 6.09. The van der Waals surface area contributed by atoms with Gasteiger partial charge in [0.15, 0.2) is 5.78 Å². The van der Waals surface area contributed by atoms with E-state index in [4.69, 9.17) is 0 Å². The molecule has 1 heterocycles. The van der Waals surface area contributed by atoms with Gasteiger partial charge < -0.3 is 0 Å². The van der Waals surface area contributed by atoms with Crippen LogP contribution < -0.4 is 0 Å². The molecule has 116 valence electrons. The van der Waals surface area contributed by atoms with Crippen LogP contribution in [0.25, 0.3) is 22.9 Å². The number of hydrogen-bond donors (Lipinski definition) is 0. The van der Waals surface area contributed by atoms with Gasteiger partial charge in [0.25, 0.3) is 0 Å². The van der Waals surface area contributed by atoms with Gasteiger partial charge in [-0.2, -0.15) is 0 Å². The Morgan fingerprint density at radius 2 is 2.04 bits per heavy atom. The molecular weight excluding hydrogens is 294 g/mol. The number of fused-ring (bicyclic) bond motifs is 3. The van der Waals surface area contributed by atoms with Crippen LogP contribution in [-0.2, 0) is 6.42 Å². The lowest BCUT2D eigenvalue weighted by Crippen LogP contribution is -1.98. The molecule has 0 radical (unpaired) electrons. The fourth-order valence-corrected chi connectivity index (χ4v) is 3.14. The quantitative estimate of drug-likeness (QED) is 0.498. The average Bonchev–Trinajstić information content (AvgIpc) is 2.66. The Balaban J connectivity index is 1.71. The van der Waals surface area contributed by atoms with Crippen molar-refractivity contribution < 1.29 is 4.79 Å². The van der Waals surface area contributed by atoms with Gasteiger partial charge in [0.1, 0.15) is 0 Å². The number of aromatic nitrogens is 1. The minimum absolute atomic E-state index is 0.0122. The molecule has 1 aliphatic rings. The summed E-state index contributed by atoms with van der Waals surface area (Å²) in [5.41, 5.74) is 4.26. The molecule has 2 aromatic carbocycles. The van der Waals surface area contributed by atoms with Crippen LogP contribution in [0.15, 0.2) is 67.0 Å². The monoisotopic (exact) mass is 311 g/mol. The van der Waals surface area contributed by atoms with Crippen molar-refractivity contribution in [2.45, 2.75) is 12.8 Å². The fraction of sp³-hybridized carbons (Fsp3) is 0.0909. The van der Waals surface area contributed by atoms with Crippen LogP contribution in [0.4, 0.5) is 0 Å². The highest BCUT2D eigenvalue weighted by Gasteiger charge is 2.10. The van der Waals surface area contributed by atoms with E-state index in [2.05, 4.69) is 29.3 Å². The molecule has 2 nitrogen and oxygen atoms in total. The normalized spacial score (nSPS) is 13.3. The number of nitrogens with zero attached hydrogens (tertiary/aromatic N) is 1. The van der Waals surface area contributed by atoms with Gasteiger partial charge in [-0.1, -0.05) is 42.5 Å². The third-order valence-corrected chi connectivity index (χ3v) is 4.41. The number of carbonyl (C=O) groups excluding carboxylic acids is 1. The van der Waals surface area contributed by atoms with Crippen LogP contribution in [0.1, 0.15) is 33.5 Å². The first-order chi connectivity index (χ1) is 11.8. The van der Waals surface area contributed by atoms with Crippen LogP contribution in [-0.4, -0.2) is 10.8 Å². The molecule has 24 heavy (non-hydrogen) atoms. The van der Waals surface area contributed by atoms with Crippen LogP contribution in [0, 0.1) is 0 Å². The molecule has 1 aliphatic carbocycles. The van der Waals surface area contributed by atoms with Gasteiger partial charge in [-0.3, -0.25) is 9.78 Å². The molecular formula is C22H17NO. The number of rotatable bonds is 3. The summed E-state index contributed by atoms with van der Waals surface area (Å²) in [7, 11) is 0. The first-order valence-corrected chi connectivity index (χ1v) is 8.16. The lowest BCUT2D eigenvalue weighted by Gasteiger charge is -2.13. The molecule has 0 atom stereocenters. The maximum Gasteiger partial charge on any atom is 0.185 e. The Hall–Kier alpha value is -3.00. The number of allylic oxidation sites excluding steroid dienone is 2. The van der Waals surface area contributed by atoms with E-state index in [1.54, 1.807) is 24.5 Å². The summed E-state index contributed by atoms with van der Waals surface area (Å²) in [5, 5.41) is 2.33. The maximum atomic E-state index is 12.5. The highest BCUT2D eigenvalue weighted by Crippen LogP contribution is 2.29. The van der Waals surface area contributed by atoms with Gasteiger partial charge in [-0.15, -0.1) is 0 Å². The van der Waals surface area contributed by atoms with E-state index in [1.807, 2.05) is 30.3 Å². The van der Waals surface area contributed by atoms with Crippen molar-refractivity contribution in [3.63, 3.8) is 0 Å². The molecule has 0 saturated carbocycles. The van der Waals surface area contributed by atoms with E-state index in [-0.39, 0.29) is 5.78 Å². The first-order valence-electron chi connectivity index (χ1n) is 8.16. The molecule has 4 rings (SSSR count). The highest BCUT2D eigenvalue weighted by atomic mass is 16.1. The third kappa shape index (κ3) is 2.79. The van der Waals surface area contributed by atoms with Crippen molar-refractivity contribution in [2.75, 3.05) is 0 Å². The van der Waals surface area contributed by atoms with Gasteiger partial charge >= 0.3 is 0 Å². The summed E-state index contributed by atoms with van der Waals surface area (Å²) in [6.07, 6.45) is 13.4. The van der Waals surface area contributed by atoms with Crippen LogP contribution in [0.5, 0.6) is 0 Å². The molecule has 1 aromatic heterocycles. The zero-order valence-electron chi connectivity index (χ0n) is 13.3. The molecule has 0 aliphatic heterocycles. The minimum atomic E-state index is 0.0122. The van der Waals surface area contributed by atoms with Crippen molar-refractivity contribution in [3.05, 3.63) is 89.3 Å². The predicted molar refractivity (Wildman–Crippen MR) is 98.9 cm³/mol. The Bertz CT molecular complexity index is 968. The number of aryl methyl sites for hydroxylation is 1. The van der Waals surface area contributed by atoms with Gasteiger partial charge in [-0.05, 0) is 64.6 Å². The second kappa shape index (κ2) is 6.25. The number of pyridine rings is 1. The molecule has 0 fully saturated rings. The number of hydrogen-bond acceptors (Lipinski definition) is 2. The maximum absolute atomic E-state index is 12.5. The van der Waals surface area contributed by atoms with Crippen LogP contribution >= 0.6 is 0 Å². The van der Waals surface area contributed by atoms with Crippen LogP contribution in [0.2, 0.25) is 0 Å². The first kappa shape index (κ1) is 14.6. The summed E-state index contributed by atoms with van der Waals surface area (Å²) in [6.45, 7) is 0. The standard InChI is InChI=1S/C22H17NO/c24-22(12-7-16-4-3-13-23-15-16)19-11-10-18-9-8-17-5-1-2-6-20(17)21(18)14-19/h2-4,6-15H,1,5H2/b12-7+. The number of carbonyl (C=O) groups is 1. The Morgan fingerprint density at radius 3 is 2.92 bits per heavy atom. The SMILES string of the molecule is O=C(/C=C/c1cccnc1)c1ccc2ccc3c(c2c1)C=CCC3. The molecule has 3 aromatic rings. The van der Waals surface area contributed by atoms with Gasteiger partial charge in [-0.25, -0.2) is 0 Å². The molecule has 0 N–H and O–H groups in total. The summed E-state index contributed by atoms with van der Waals surface area (Å²) in [6, 6.07) is 14.1. The Labute approximate surface area is 141 Å². The molecule has 0 amide bonds. The van der Waals surface area contributed by atoms with Crippen LogP contribution in [0.3, 0.4) is 0 Å². The lowest BCUT2D eigenvalue weighted by atomic mass is 9.91. The number of benzene rings is 2. The second-order valence-corrected chi connectivity index (χ2v) is 6.00. The Kier molecular flexibility index (Phi) is 3.80. The predicted octanol–water partition coefficient (Wildman–Crippen LogP) is 5.09. The minimum Gasteiger partial charge on any atom is -0.289 e. The van der Waals surface area contributed by atoms with E-state index in [1.165, 1.54) is 16.5 Å². The van der Waals surface area contributed by atoms with E-state index < -0.39 is 0 Å². The van der Waals surface area contributed by atoms with Gasteiger partial charge in [0.05, 0.1) is 0 Å². The molecule has 0 spiro atoms. The van der Waals surface area contributed by atoms with Crippen molar-refractivity contribution in [1.29, 1.82) is 0 Å². The topological polar surface area (TPSA) is 30.0 Å². The Morgan fingerprint density at radius 1 is 1.12 bits per heavy atom. The zero-order valence-corrected chi connectivity index (χ0v) is 13.3. The smallest absolute Gasteiger partial charge is 0.185 e. The van der Waals surface area contributed by atoms with E-state index in [9.17, 15) is 4.79 Å². The van der Waals surface area contributed by atoms with Gasteiger partial charge in [0.2, 0.25) is 0 Å². The third-order valence-electron chi connectivity index (χ3n) is 4.41. The van der Waals surface area contributed by atoms with Gasteiger partial charge in [0, 0.05) is 18.0 Å². The van der Waals surface area contributed by atoms with Crippen molar-refractivity contribution in [1.82, 2.24) is 4.98 Å². The van der Waals surface area contributed by atoms with E-state index in [0.29, 0.717) is 0 Å². The lowest BCUT2D eigenvalue weighted by molar-refractivity contribution is 0.104. The molecule has 0 saturated heterocycles. The fourth-order valence-electron chi connectivity index (χ4n) is 3.14. The number of ketones is 1. The van der Waals surface area contributed by atoms with Crippen molar-refractivity contribution in [2.24, 2.45) is 0 Å². The zero-order chi connectivity index (χ0) is 16.4. The average molecular weight is 311 g/mol. The second-order valence-electron chi connectivity index (χ2n) is 6.00. The molecule has 0 unspecified atom stereocenters. The van der Waals surface area contributed by atoms with E-state index >= 15 is 0 Å².